The van der Waals surface area contributed by atoms with Crippen LogP contribution in [0.5, 0.6) is 0 Å². The van der Waals surface area contributed by atoms with Crippen LogP contribution < -0.4 is 5.73 Å². The number of rotatable bonds is 4. The van der Waals surface area contributed by atoms with Crippen molar-refractivity contribution in [3.63, 3.8) is 0 Å². The van der Waals surface area contributed by atoms with Crippen molar-refractivity contribution >= 4 is 21.8 Å². The van der Waals surface area contributed by atoms with Crippen molar-refractivity contribution in [2.45, 2.75) is 12.8 Å². The van der Waals surface area contributed by atoms with Crippen LogP contribution in [0.4, 0.5) is 0 Å². The van der Waals surface area contributed by atoms with E-state index in [2.05, 4.69) is 20.9 Å². The fourth-order valence-electron chi connectivity index (χ4n) is 1.69. The molecule has 0 radical (unpaired) electrons. The number of hydrogen-bond acceptors (Lipinski definition) is 3. The SMILES string of the molecule is NCCc1cn(C(=O)Cc2cccc(Br)c2)cn1. The fraction of sp³-hybridized carbons (Fsp3) is 0.231. The first-order valence-corrected chi connectivity index (χ1v) is 6.49. The molecule has 1 aromatic heterocycles. The van der Waals surface area contributed by atoms with Gasteiger partial charge >= 0.3 is 0 Å². The molecule has 94 valence electrons. The molecular weight excluding hydrogens is 294 g/mol. The van der Waals surface area contributed by atoms with Gasteiger partial charge in [-0.3, -0.25) is 9.36 Å². The minimum Gasteiger partial charge on any atom is -0.330 e. The molecule has 2 rings (SSSR count). The summed E-state index contributed by atoms with van der Waals surface area (Å²) >= 11 is 3.39. The van der Waals surface area contributed by atoms with Gasteiger partial charge in [-0.05, 0) is 24.2 Å². The van der Waals surface area contributed by atoms with Crippen LogP contribution in [0, 0.1) is 0 Å². The standard InChI is InChI=1S/C13H14BrN3O/c14-11-3-1-2-10(6-11)7-13(18)17-8-12(4-5-15)16-9-17/h1-3,6,8-9H,4-5,7,15H2. The third-order valence-corrected chi connectivity index (χ3v) is 3.06. The Kier molecular flexibility index (Phi) is 4.28. The average molecular weight is 308 g/mol. The number of nitrogens with two attached hydrogens (primary N) is 1. The zero-order valence-corrected chi connectivity index (χ0v) is 11.4. The highest BCUT2D eigenvalue weighted by Gasteiger charge is 2.07. The number of imidazole rings is 1. The molecule has 4 nitrogen and oxygen atoms in total. The van der Waals surface area contributed by atoms with Gasteiger partial charge in [0.2, 0.25) is 5.91 Å². The third kappa shape index (κ3) is 3.27. The third-order valence-electron chi connectivity index (χ3n) is 2.57. The van der Waals surface area contributed by atoms with E-state index in [1.165, 1.54) is 4.57 Å². The summed E-state index contributed by atoms with van der Waals surface area (Å²) < 4.78 is 2.49. The predicted octanol–water partition coefficient (Wildman–Crippen LogP) is 2.03. The number of benzene rings is 1. The molecule has 0 aliphatic heterocycles. The van der Waals surface area contributed by atoms with Gasteiger partial charge in [-0.15, -0.1) is 0 Å². The highest BCUT2D eigenvalue weighted by Crippen LogP contribution is 2.12. The Hall–Kier alpha value is -1.46. The second-order valence-corrected chi connectivity index (χ2v) is 4.93. The summed E-state index contributed by atoms with van der Waals surface area (Å²) in [5, 5.41) is 0. The van der Waals surface area contributed by atoms with Crippen molar-refractivity contribution in [1.82, 2.24) is 9.55 Å². The Balaban J connectivity index is 2.07. The van der Waals surface area contributed by atoms with Gasteiger partial charge in [0.1, 0.15) is 6.33 Å². The van der Waals surface area contributed by atoms with Gasteiger partial charge in [0.05, 0.1) is 12.1 Å². The quantitative estimate of drug-likeness (QED) is 0.940. The summed E-state index contributed by atoms with van der Waals surface area (Å²) in [5.74, 6) is 0.00358. The Morgan fingerprint density at radius 1 is 1.44 bits per heavy atom. The molecule has 18 heavy (non-hydrogen) atoms. The van der Waals surface area contributed by atoms with Crippen molar-refractivity contribution in [3.8, 4) is 0 Å². The number of hydrogen-bond donors (Lipinski definition) is 1. The summed E-state index contributed by atoms with van der Waals surface area (Å²) in [5.41, 5.74) is 7.27. The first kappa shape index (κ1) is 13.0. The molecule has 0 bridgehead atoms. The molecule has 2 N–H and O–H groups in total. The molecule has 0 saturated carbocycles. The molecule has 0 saturated heterocycles. The number of carbonyl (C=O) groups excluding carboxylic acids is 1. The summed E-state index contributed by atoms with van der Waals surface area (Å²) in [6.07, 6.45) is 4.34. The smallest absolute Gasteiger partial charge is 0.236 e. The maximum absolute atomic E-state index is 12.0. The van der Waals surface area contributed by atoms with Crippen molar-refractivity contribution < 1.29 is 4.79 Å². The van der Waals surface area contributed by atoms with Crippen molar-refractivity contribution in [2.75, 3.05) is 6.54 Å². The van der Waals surface area contributed by atoms with Crippen LogP contribution in [0.2, 0.25) is 0 Å². The highest BCUT2D eigenvalue weighted by molar-refractivity contribution is 9.10. The first-order chi connectivity index (χ1) is 8.69. The van der Waals surface area contributed by atoms with Crippen LogP contribution >= 0.6 is 15.9 Å². The highest BCUT2D eigenvalue weighted by atomic mass is 79.9. The van der Waals surface area contributed by atoms with Gasteiger partial charge in [0.15, 0.2) is 0 Å². The van der Waals surface area contributed by atoms with E-state index in [9.17, 15) is 4.79 Å². The Morgan fingerprint density at radius 2 is 2.28 bits per heavy atom. The van der Waals surface area contributed by atoms with E-state index in [0.717, 1.165) is 15.7 Å². The molecule has 1 heterocycles. The molecule has 0 atom stereocenters. The summed E-state index contributed by atoms with van der Waals surface area (Å²) in [6.45, 7) is 0.539. The Bertz CT molecular complexity index is 551. The second kappa shape index (κ2) is 5.93. The average Bonchev–Trinajstić information content (AvgIpc) is 2.78. The van der Waals surface area contributed by atoms with E-state index >= 15 is 0 Å². The second-order valence-electron chi connectivity index (χ2n) is 4.01. The van der Waals surface area contributed by atoms with E-state index in [-0.39, 0.29) is 5.91 Å². The molecule has 0 fully saturated rings. The topological polar surface area (TPSA) is 60.9 Å². The number of aromatic nitrogens is 2. The molecular formula is C13H14BrN3O. The molecule has 5 heteroatoms. The summed E-state index contributed by atoms with van der Waals surface area (Å²) in [4.78, 5) is 16.2. The molecule has 1 aromatic carbocycles. The van der Waals surface area contributed by atoms with Crippen LogP contribution in [0.1, 0.15) is 16.1 Å². The summed E-state index contributed by atoms with van der Waals surface area (Å²) in [6, 6.07) is 7.72. The number of nitrogens with zero attached hydrogens (tertiary/aromatic N) is 2. The van der Waals surface area contributed by atoms with E-state index < -0.39 is 0 Å². The van der Waals surface area contributed by atoms with Crippen molar-refractivity contribution in [3.05, 3.63) is 52.5 Å². The minimum atomic E-state index is 0.00358. The van der Waals surface area contributed by atoms with Crippen molar-refractivity contribution in [1.29, 1.82) is 0 Å². The zero-order chi connectivity index (χ0) is 13.0. The minimum absolute atomic E-state index is 0.00358. The largest absolute Gasteiger partial charge is 0.330 e. The molecule has 0 aliphatic rings. The normalized spacial score (nSPS) is 10.6. The molecule has 0 aliphatic carbocycles. The van der Waals surface area contributed by atoms with Crippen molar-refractivity contribution in [2.24, 2.45) is 5.73 Å². The number of carbonyl (C=O) groups is 1. The lowest BCUT2D eigenvalue weighted by Gasteiger charge is -2.02. The van der Waals surface area contributed by atoms with E-state index in [1.54, 1.807) is 12.5 Å². The Morgan fingerprint density at radius 3 is 3.00 bits per heavy atom. The zero-order valence-electron chi connectivity index (χ0n) is 9.84. The fourth-order valence-corrected chi connectivity index (χ4v) is 2.14. The lowest BCUT2D eigenvalue weighted by Crippen LogP contribution is -2.11. The maximum Gasteiger partial charge on any atom is 0.236 e. The van der Waals surface area contributed by atoms with Gasteiger partial charge in [0, 0.05) is 17.1 Å². The van der Waals surface area contributed by atoms with E-state index in [1.807, 2.05) is 24.3 Å². The van der Waals surface area contributed by atoms with Gasteiger partial charge in [0.25, 0.3) is 0 Å². The van der Waals surface area contributed by atoms with Gasteiger partial charge in [-0.25, -0.2) is 4.98 Å². The van der Waals surface area contributed by atoms with Crippen LogP contribution in [0.3, 0.4) is 0 Å². The molecule has 2 aromatic rings. The molecule has 0 unspecified atom stereocenters. The van der Waals surface area contributed by atoms with Gasteiger partial charge in [-0.1, -0.05) is 28.1 Å². The van der Waals surface area contributed by atoms with Gasteiger partial charge < -0.3 is 5.73 Å². The first-order valence-electron chi connectivity index (χ1n) is 5.69. The van der Waals surface area contributed by atoms with Crippen LogP contribution in [0.25, 0.3) is 0 Å². The van der Waals surface area contributed by atoms with Crippen LogP contribution in [0.15, 0.2) is 41.3 Å². The molecule has 0 amide bonds. The lowest BCUT2D eigenvalue weighted by atomic mass is 10.1. The van der Waals surface area contributed by atoms with E-state index in [0.29, 0.717) is 19.4 Å². The van der Waals surface area contributed by atoms with Gasteiger partial charge in [-0.2, -0.15) is 0 Å². The molecule has 0 spiro atoms. The van der Waals surface area contributed by atoms with E-state index in [4.69, 9.17) is 5.73 Å². The monoisotopic (exact) mass is 307 g/mol. The maximum atomic E-state index is 12.0. The summed E-state index contributed by atoms with van der Waals surface area (Å²) in [7, 11) is 0. The van der Waals surface area contributed by atoms with Crippen LogP contribution in [-0.2, 0) is 12.8 Å². The van der Waals surface area contributed by atoms with Crippen LogP contribution in [-0.4, -0.2) is 22.0 Å². The lowest BCUT2D eigenvalue weighted by molar-refractivity contribution is 0.0914. The number of halogens is 1. The predicted molar refractivity (Wildman–Crippen MR) is 73.5 cm³/mol. The Labute approximate surface area is 114 Å².